The van der Waals surface area contributed by atoms with Crippen LogP contribution in [0.5, 0.6) is 5.88 Å². The molecule has 0 saturated carbocycles. The normalized spacial score (nSPS) is 15.0. The lowest BCUT2D eigenvalue weighted by Crippen LogP contribution is -2.37. The van der Waals surface area contributed by atoms with E-state index >= 15 is 0 Å². The summed E-state index contributed by atoms with van der Waals surface area (Å²) in [6, 6.07) is 6.85. The summed E-state index contributed by atoms with van der Waals surface area (Å²) in [5.74, 6) is -0.438. The van der Waals surface area contributed by atoms with E-state index in [1.165, 1.54) is 23.6 Å². The molecule has 0 aliphatic carbocycles. The molecule has 0 spiro atoms. The highest BCUT2D eigenvalue weighted by Gasteiger charge is 2.37. The molecule has 1 atom stereocenters. The SMILES string of the molecule is CC(=O)N1c2c(C)cc(C)cc2-c2nnc(SCC(C)C)nc2OC1c1cc(F)ccc1F. The van der Waals surface area contributed by atoms with Crippen LogP contribution >= 0.6 is 11.8 Å². The van der Waals surface area contributed by atoms with Gasteiger partial charge in [-0.25, -0.2) is 8.78 Å². The first kappa shape index (κ1) is 23.1. The molecule has 1 amide bonds. The molecule has 0 fully saturated rings. The molecule has 0 saturated heterocycles. The summed E-state index contributed by atoms with van der Waals surface area (Å²) in [6.45, 7) is 9.29. The average Bonchev–Trinajstić information content (AvgIpc) is 2.88. The molecular formula is C24H24F2N4O2S. The summed E-state index contributed by atoms with van der Waals surface area (Å²) < 4.78 is 35.2. The number of aryl methyl sites for hydroxylation is 2. The van der Waals surface area contributed by atoms with Gasteiger partial charge < -0.3 is 4.74 Å². The van der Waals surface area contributed by atoms with Crippen LogP contribution in [0, 0.1) is 31.4 Å². The Morgan fingerprint density at radius 1 is 1.18 bits per heavy atom. The number of thioether (sulfide) groups is 1. The molecule has 2 aromatic carbocycles. The minimum Gasteiger partial charge on any atom is -0.447 e. The molecule has 172 valence electrons. The Kier molecular flexibility index (Phi) is 6.34. The fraction of sp³-hybridized carbons (Fsp3) is 0.333. The van der Waals surface area contributed by atoms with Crippen LogP contribution in [-0.2, 0) is 4.79 Å². The van der Waals surface area contributed by atoms with Crippen molar-refractivity contribution >= 4 is 23.4 Å². The van der Waals surface area contributed by atoms with Crippen molar-refractivity contribution in [1.29, 1.82) is 0 Å². The van der Waals surface area contributed by atoms with Crippen LogP contribution in [0.2, 0.25) is 0 Å². The van der Waals surface area contributed by atoms with Crippen molar-refractivity contribution in [2.45, 2.75) is 46.0 Å². The number of anilines is 1. The van der Waals surface area contributed by atoms with Gasteiger partial charge in [0, 0.05) is 18.2 Å². The number of benzene rings is 2. The fourth-order valence-corrected chi connectivity index (χ4v) is 4.54. The molecule has 6 nitrogen and oxygen atoms in total. The Morgan fingerprint density at radius 2 is 1.94 bits per heavy atom. The number of nitrogens with zero attached hydrogens (tertiary/aromatic N) is 4. The summed E-state index contributed by atoms with van der Waals surface area (Å²) in [4.78, 5) is 18.8. The maximum absolute atomic E-state index is 14.9. The second kappa shape index (κ2) is 9.05. The fourth-order valence-electron chi connectivity index (χ4n) is 3.82. The standard InChI is InChI=1S/C24H24F2N4O2S/c1-12(2)11-33-24-27-22-20(28-29-24)18-9-13(3)8-14(4)21(18)30(15(5)31)23(32-22)17-10-16(25)6-7-19(17)26/h6-10,12,23H,11H2,1-5H3. The topological polar surface area (TPSA) is 68.2 Å². The molecule has 0 radical (unpaired) electrons. The van der Waals surface area contributed by atoms with E-state index in [4.69, 9.17) is 4.74 Å². The number of carbonyl (C=O) groups excluding carboxylic acids is 1. The van der Waals surface area contributed by atoms with Crippen LogP contribution < -0.4 is 9.64 Å². The smallest absolute Gasteiger partial charge is 0.247 e. The van der Waals surface area contributed by atoms with E-state index in [9.17, 15) is 13.6 Å². The van der Waals surface area contributed by atoms with Crippen molar-refractivity contribution in [3.8, 4) is 17.1 Å². The van der Waals surface area contributed by atoms with E-state index in [1.807, 2.05) is 26.0 Å². The number of rotatable bonds is 4. The predicted molar refractivity (Wildman–Crippen MR) is 123 cm³/mol. The second-order valence-corrected chi connectivity index (χ2v) is 9.44. The van der Waals surface area contributed by atoms with Crippen LogP contribution in [0.4, 0.5) is 14.5 Å². The first-order valence-electron chi connectivity index (χ1n) is 10.6. The van der Waals surface area contributed by atoms with E-state index < -0.39 is 23.8 Å². The van der Waals surface area contributed by atoms with Gasteiger partial charge in [0.1, 0.15) is 11.6 Å². The van der Waals surface area contributed by atoms with E-state index in [2.05, 4.69) is 29.0 Å². The number of aromatic nitrogens is 3. The Labute approximate surface area is 195 Å². The van der Waals surface area contributed by atoms with Crippen LogP contribution in [0.3, 0.4) is 0 Å². The van der Waals surface area contributed by atoms with Gasteiger partial charge in [-0.2, -0.15) is 4.98 Å². The molecule has 0 bridgehead atoms. The maximum atomic E-state index is 14.9. The van der Waals surface area contributed by atoms with Gasteiger partial charge in [-0.1, -0.05) is 37.2 Å². The van der Waals surface area contributed by atoms with E-state index in [0.29, 0.717) is 28.0 Å². The average molecular weight is 471 g/mol. The number of hydrogen-bond donors (Lipinski definition) is 0. The zero-order valence-corrected chi connectivity index (χ0v) is 19.8. The zero-order chi connectivity index (χ0) is 23.9. The molecule has 1 aliphatic rings. The Balaban J connectivity index is 1.98. The van der Waals surface area contributed by atoms with Crippen molar-refractivity contribution in [3.63, 3.8) is 0 Å². The number of ether oxygens (including phenoxy) is 1. The maximum Gasteiger partial charge on any atom is 0.247 e. The lowest BCUT2D eigenvalue weighted by atomic mass is 10.00. The molecule has 1 unspecified atom stereocenters. The zero-order valence-electron chi connectivity index (χ0n) is 19.0. The second-order valence-electron chi connectivity index (χ2n) is 8.46. The lowest BCUT2D eigenvalue weighted by Gasteiger charge is -2.31. The summed E-state index contributed by atoms with van der Waals surface area (Å²) in [5, 5.41) is 9.03. The quantitative estimate of drug-likeness (QED) is 0.461. The van der Waals surface area contributed by atoms with Gasteiger partial charge in [0.15, 0.2) is 5.69 Å². The van der Waals surface area contributed by atoms with Crippen molar-refractivity contribution in [1.82, 2.24) is 15.2 Å². The van der Waals surface area contributed by atoms with Gasteiger partial charge in [-0.05, 0) is 49.6 Å². The highest BCUT2D eigenvalue weighted by Crippen LogP contribution is 2.46. The predicted octanol–water partition coefficient (Wildman–Crippen LogP) is 5.63. The molecule has 0 N–H and O–H groups in total. The van der Waals surface area contributed by atoms with E-state index in [-0.39, 0.29) is 11.4 Å². The Bertz CT molecular complexity index is 1240. The van der Waals surface area contributed by atoms with Gasteiger partial charge in [0.05, 0.1) is 11.3 Å². The minimum atomic E-state index is -1.28. The molecular weight excluding hydrogens is 446 g/mol. The molecule has 33 heavy (non-hydrogen) atoms. The molecule has 1 aliphatic heterocycles. The molecule has 9 heteroatoms. The number of fused-ring (bicyclic) bond motifs is 3. The molecule has 2 heterocycles. The highest BCUT2D eigenvalue weighted by molar-refractivity contribution is 7.99. The monoisotopic (exact) mass is 470 g/mol. The number of hydrogen-bond acceptors (Lipinski definition) is 6. The lowest BCUT2D eigenvalue weighted by molar-refractivity contribution is -0.118. The largest absolute Gasteiger partial charge is 0.447 e. The number of amides is 1. The first-order chi connectivity index (χ1) is 15.7. The third-order valence-corrected chi connectivity index (χ3v) is 6.41. The van der Waals surface area contributed by atoms with Crippen LogP contribution in [-0.4, -0.2) is 26.8 Å². The van der Waals surface area contributed by atoms with Gasteiger partial charge in [0.25, 0.3) is 0 Å². The summed E-state index contributed by atoms with van der Waals surface area (Å²) in [6.07, 6.45) is -1.28. The van der Waals surface area contributed by atoms with Crippen LogP contribution in [0.15, 0.2) is 35.5 Å². The van der Waals surface area contributed by atoms with Gasteiger partial charge in [-0.15, -0.1) is 10.2 Å². The molecule has 1 aromatic heterocycles. The number of carbonyl (C=O) groups is 1. The van der Waals surface area contributed by atoms with Crippen molar-refractivity contribution in [3.05, 3.63) is 58.7 Å². The third-order valence-electron chi connectivity index (χ3n) is 5.14. The van der Waals surface area contributed by atoms with Crippen molar-refractivity contribution < 1.29 is 18.3 Å². The van der Waals surface area contributed by atoms with Crippen LogP contribution in [0.1, 0.15) is 43.7 Å². The van der Waals surface area contributed by atoms with Crippen molar-refractivity contribution in [2.24, 2.45) is 5.92 Å². The van der Waals surface area contributed by atoms with E-state index in [1.54, 1.807) is 0 Å². The highest BCUT2D eigenvalue weighted by atomic mass is 32.2. The van der Waals surface area contributed by atoms with Crippen molar-refractivity contribution in [2.75, 3.05) is 10.7 Å². The first-order valence-corrected chi connectivity index (χ1v) is 11.5. The van der Waals surface area contributed by atoms with Gasteiger partial charge >= 0.3 is 0 Å². The Hall–Kier alpha value is -3.07. The Morgan fingerprint density at radius 3 is 2.64 bits per heavy atom. The minimum absolute atomic E-state index is 0.111. The third kappa shape index (κ3) is 4.55. The van der Waals surface area contributed by atoms with Gasteiger partial charge in [0.2, 0.25) is 23.2 Å². The van der Waals surface area contributed by atoms with E-state index in [0.717, 1.165) is 35.1 Å². The molecule has 4 rings (SSSR count). The number of halogens is 2. The van der Waals surface area contributed by atoms with Crippen LogP contribution in [0.25, 0.3) is 11.3 Å². The molecule has 3 aromatic rings. The van der Waals surface area contributed by atoms with Gasteiger partial charge in [-0.3, -0.25) is 9.69 Å². The summed E-state index contributed by atoms with van der Waals surface area (Å²) >= 11 is 1.43. The summed E-state index contributed by atoms with van der Waals surface area (Å²) in [5.41, 5.74) is 3.03. The summed E-state index contributed by atoms with van der Waals surface area (Å²) in [7, 11) is 0.